The van der Waals surface area contributed by atoms with Crippen LogP contribution in [0, 0.1) is 10.1 Å². The SMILES string of the molecule is CC(=O)c1cc([N+](=O)[O-])c(OC2CCCC2)s1. The highest BCUT2D eigenvalue weighted by Gasteiger charge is 2.26. The third kappa shape index (κ3) is 2.63. The van der Waals surface area contributed by atoms with Crippen molar-refractivity contribution in [2.24, 2.45) is 0 Å². The summed E-state index contributed by atoms with van der Waals surface area (Å²) in [6, 6.07) is 1.30. The summed E-state index contributed by atoms with van der Waals surface area (Å²) in [5.74, 6) is -0.167. The molecule has 1 saturated carbocycles. The van der Waals surface area contributed by atoms with Crippen molar-refractivity contribution in [2.75, 3.05) is 0 Å². The zero-order valence-electron chi connectivity index (χ0n) is 9.47. The van der Waals surface area contributed by atoms with Gasteiger partial charge in [0.15, 0.2) is 5.78 Å². The van der Waals surface area contributed by atoms with Gasteiger partial charge in [0.2, 0.25) is 0 Å². The molecule has 0 bridgehead atoms. The van der Waals surface area contributed by atoms with Gasteiger partial charge in [0.1, 0.15) is 0 Å². The fourth-order valence-corrected chi connectivity index (χ4v) is 2.84. The Bertz CT molecular complexity index is 448. The van der Waals surface area contributed by atoms with Gasteiger partial charge in [-0.1, -0.05) is 11.3 Å². The topological polar surface area (TPSA) is 69.4 Å². The Balaban J connectivity index is 2.23. The van der Waals surface area contributed by atoms with Crippen LogP contribution in [0.3, 0.4) is 0 Å². The van der Waals surface area contributed by atoms with E-state index in [1.54, 1.807) is 0 Å². The number of thiophene rings is 1. The molecule has 0 radical (unpaired) electrons. The smallest absolute Gasteiger partial charge is 0.323 e. The van der Waals surface area contributed by atoms with Gasteiger partial charge in [0, 0.05) is 6.07 Å². The molecule has 0 unspecified atom stereocenters. The fraction of sp³-hybridized carbons (Fsp3) is 0.545. The summed E-state index contributed by atoms with van der Waals surface area (Å²) in [5.41, 5.74) is -0.0906. The Morgan fingerprint density at radius 1 is 1.53 bits per heavy atom. The molecule has 0 N–H and O–H groups in total. The van der Waals surface area contributed by atoms with Crippen molar-refractivity contribution in [3.63, 3.8) is 0 Å². The van der Waals surface area contributed by atoms with Gasteiger partial charge in [0.25, 0.3) is 5.06 Å². The zero-order valence-corrected chi connectivity index (χ0v) is 10.3. The molecule has 0 spiro atoms. The second-order valence-electron chi connectivity index (χ2n) is 4.12. The van der Waals surface area contributed by atoms with Crippen LogP contribution in [-0.4, -0.2) is 16.8 Å². The number of ketones is 1. The van der Waals surface area contributed by atoms with Gasteiger partial charge in [-0.15, -0.1) is 0 Å². The first kappa shape index (κ1) is 12.0. The maximum atomic E-state index is 11.2. The Morgan fingerprint density at radius 3 is 2.71 bits per heavy atom. The van der Waals surface area contributed by atoms with Gasteiger partial charge in [0.05, 0.1) is 15.9 Å². The van der Waals surface area contributed by atoms with Crippen molar-refractivity contribution in [1.29, 1.82) is 0 Å². The van der Waals surface area contributed by atoms with Crippen molar-refractivity contribution < 1.29 is 14.5 Å². The third-order valence-corrected chi connectivity index (χ3v) is 3.92. The Labute approximate surface area is 103 Å². The molecule has 0 aliphatic heterocycles. The first-order chi connectivity index (χ1) is 8.08. The van der Waals surface area contributed by atoms with Crippen LogP contribution >= 0.6 is 11.3 Å². The number of nitro groups is 1. The normalized spacial score (nSPS) is 16.1. The molecule has 1 aromatic rings. The largest absolute Gasteiger partial charge is 0.476 e. The van der Waals surface area contributed by atoms with Crippen LogP contribution in [-0.2, 0) is 0 Å². The number of ether oxygens (including phenoxy) is 1. The van der Waals surface area contributed by atoms with E-state index in [4.69, 9.17) is 4.74 Å². The predicted octanol–water partition coefficient (Wildman–Crippen LogP) is 3.18. The molecule has 1 aromatic heterocycles. The summed E-state index contributed by atoms with van der Waals surface area (Å²) in [6.45, 7) is 1.40. The number of nitrogens with zero attached hydrogens (tertiary/aromatic N) is 1. The molecule has 17 heavy (non-hydrogen) atoms. The molecule has 6 heteroatoms. The molecule has 0 atom stereocenters. The van der Waals surface area contributed by atoms with E-state index in [-0.39, 0.29) is 22.6 Å². The molecule has 1 heterocycles. The average Bonchev–Trinajstić information content (AvgIpc) is 2.87. The van der Waals surface area contributed by atoms with Gasteiger partial charge in [-0.25, -0.2) is 0 Å². The van der Waals surface area contributed by atoms with E-state index >= 15 is 0 Å². The minimum absolute atomic E-state index is 0.0622. The van der Waals surface area contributed by atoms with E-state index in [1.165, 1.54) is 13.0 Å². The fourth-order valence-electron chi connectivity index (χ4n) is 1.91. The predicted molar refractivity (Wildman–Crippen MR) is 63.9 cm³/mol. The number of rotatable bonds is 4. The van der Waals surface area contributed by atoms with Crippen molar-refractivity contribution in [3.8, 4) is 5.06 Å². The number of carbonyl (C=O) groups excluding carboxylic acids is 1. The zero-order chi connectivity index (χ0) is 12.4. The van der Waals surface area contributed by atoms with E-state index in [9.17, 15) is 14.9 Å². The maximum absolute atomic E-state index is 11.2. The van der Waals surface area contributed by atoms with Crippen molar-refractivity contribution in [2.45, 2.75) is 38.7 Å². The van der Waals surface area contributed by atoms with E-state index in [0.29, 0.717) is 4.88 Å². The minimum atomic E-state index is -0.493. The van der Waals surface area contributed by atoms with Gasteiger partial charge in [-0.3, -0.25) is 14.9 Å². The van der Waals surface area contributed by atoms with Crippen molar-refractivity contribution in [1.82, 2.24) is 0 Å². The lowest BCUT2D eigenvalue weighted by Crippen LogP contribution is -2.10. The standard InChI is InChI=1S/C11H13NO4S/c1-7(13)10-6-9(12(14)15)11(17-10)16-8-4-2-3-5-8/h6,8H,2-5H2,1H3. The average molecular weight is 255 g/mol. The van der Waals surface area contributed by atoms with Crippen LogP contribution in [0.15, 0.2) is 6.07 Å². The van der Waals surface area contributed by atoms with Gasteiger partial charge >= 0.3 is 5.69 Å². The Hall–Kier alpha value is -1.43. The Kier molecular flexibility index (Phi) is 3.42. The third-order valence-electron chi connectivity index (χ3n) is 2.80. The molecule has 1 aliphatic rings. The first-order valence-electron chi connectivity index (χ1n) is 5.53. The molecule has 92 valence electrons. The minimum Gasteiger partial charge on any atom is -0.476 e. The number of Topliss-reactive ketones (excluding diaryl/α,β-unsaturated/α-hetero) is 1. The van der Waals surface area contributed by atoms with E-state index < -0.39 is 4.92 Å². The van der Waals surface area contributed by atoms with Crippen LogP contribution in [0.25, 0.3) is 0 Å². The highest BCUT2D eigenvalue weighted by atomic mass is 32.1. The molecule has 1 fully saturated rings. The van der Waals surface area contributed by atoms with Gasteiger partial charge in [-0.2, -0.15) is 0 Å². The Morgan fingerprint density at radius 2 is 2.18 bits per heavy atom. The highest BCUT2D eigenvalue weighted by Crippen LogP contribution is 2.39. The van der Waals surface area contributed by atoms with Gasteiger partial charge < -0.3 is 4.74 Å². The molecule has 1 aliphatic carbocycles. The summed E-state index contributed by atoms with van der Waals surface area (Å²) in [4.78, 5) is 21.9. The summed E-state index contributed by atoms with van der Waals surface area (Å²) in [6.07, 6.45) is 4.13. The lowest BCUT2D eigenvalue weighted by molar-refractivity contribution is -0.385. The summed E-state index contributed by atoms with van der Waals surface area (Å²) in [5, 5.41) is 11.1. The maximum Gasteiger partial charge on any atom is 0.323 e. The lowest BCUT2D eigenvalue weighted by atomic mass is 10.3. The van der Waals surface area contributed by atoms with Crippen molar-refractivity contribution in [3.05, 3.63) is 21.1 Å². The second-order valence-corrected chi connectivity index (χ2v) is 5.14. The van der Waals surface area contributed by atoms with Gasteiger partial charge in [-0.05, 0) is 32.6 Å². The van der Waals surface area contributed by atoms with Crippen LogP contribution in [0.1, 0.15) is 42.3 Å². The highest BCUT2D eigenvalue weighted by molar-refractivity contribution is 7.16. The molecule has 2 rings (SSSR count). The molecule has 5 nitrogen and oxygen atoms in total. The molecular weight excluding hydrogens is 242 g/mol. The van der Waals surface area contributed by atoms with Crippen LogP contribution in [0.4, 0.5) is 5.69 Å². The summed E-state index contributed by atoms with van der Waals surface area (Å²) in [7, 11) is 0. The van der Waals surface area contributed by atoms with E-state index in [1.807, 2.05) is 0 Å². The lowest BCUT2D eigenvalue weighted by Gasteiger charge is -2.09. The second kappa shape index (κ2) is 4.83. The molecule has 0 amide bonds. The summed E-state index contributed by atoms with van der Waals surface area (Å²) >= 11 is 1.07. The molecule has 0 aromatic carbocycles. The molecular formula is C11H13NO4S. The number of carbonyl (C=O) groups is 1. The van der Waals surface area contributed by atoms with E-state index in [2.05, 4.69) is 0 Å². The van der Waals surface area contributed by atoms with Crippen LogP contribution in [0.2, 0.25) is 0 Å². The number of hydrogen-bond acceptors (Lipinski definition) is 5. The van der Waals surface area contributed by atoms with Crippen molar-refractivity contribution >= 4 is 22.8 Å². The van der Waals surface area contributed by atoms with E-state index in [0.717, 1.165) is 37.0 Å². The monoisotopic (exact) mass is 255 g/mol. The molecule has 0 saturated heterocycles. The quantitative estimate of drug-likeness (QED) is 0.470. The first-order valence-corrected chi connectivity index (χ1v) is 6.35. The van der Waals surface area contributed by atoms with Crippen LogP contribution < -0.4 is 4.74 Å². The van der Waals surface area contributed by atoms with Crippen LogP contribution in [0.5, 0.6) is 5.06 Å². The number of hydrogen-bond donors (Lipinski definition) is 0. The summed E-state index contributed by atoms with van der Waals surface area (Å²) < 4.78 is 5.62.